The Hall–Kier alpha value is -1.70. The van der Waals surface area contributed by atoms with Crippen LogP contribution in [0.3, 0.4) is 0 Å². The van der Waals surface area contributed by atoms with Crippen LogP contribution in [0, 0.1) is 5.92 Å². The molecule has 31 heavy (non-hydrogen) atoms. The van der Waals surface area contributed by atoms with E-state index in [0.29, 0.717) is 6.42 Å². The Bertz CT molecular complexity index is 829. The number of amides is 1. The lowest BCUT2D eigenvalue weighted by Gasteiger charge is -2.34. The van der Waals surface area contributed by atoms with Crippen LogP contribution in [-0.4, -0.2) is 59.4 Å². The number of halogens is 1. The Balaban J connectivity index is 1.13. The fourth-order valence-corrected chi connectivity index (χ4v) is 5.33. The van der Waals surface area contributed by atoms with Gasteiger partial charge in [-0.3, -0.25) is 9.69 Å². The van der Waals surface area contributed by atoms with Crippen molar-refractivity contribution in [3.05, 3.63) is 40.7 Å². The monoisotopic (exact) mass is 461 g/mol. The molecule has 0 bridgehead atoms. The maximum Gasteiger partial charge on any atom is 0.220 e. The summed E-state index contributed by atoms with van der Waals surface area (Å²) in [4.78, 5) is 21.5. The Kier molecular flexibility index (Phi) is 8.16. The number of rotatable bonds is 9. The minimum Gasteiger partial charge on any atom is -0.355 e. The fraction of sp³-hybridized carbons (Fsp3) is 0.609. The summed E-state index contributed by atoms with van der Waals surface area (Å²) in [5.74, 6) is 1.86. The summed E-state index contributed by atoms with van der Waals surface area (Å²) in [6, 6.07) is 7.85. The lowest BCUT2D eigenvalue weighted by Crippen LogP contribution is -2.48. The Morgan fingerprint density at radius 2 is 1.87 bits per heavy atom. The van der Waals surface area contributed by atoms with E-state index in [4.69, 9.17) is 16.6 Å². The maximum absolute atomic E-state index is 12.1. The van der Waals surface area contributed by atoms with Crippen LogP contribution in [0.1, 0.15) is 49.9 Å². The average Bonchev–Trinajstić information content (AvgIpc) is 3.47. The van der Waals surface area contributed by atoms with E-state index in [-0.39, 0.29) is 5.91 Å². The van der Waals surface area contributed by atoms with Crippen LogP contribution in [0.2, 0.25) is 5.02 Å². The molecule has 1 amide bonds. The SMILES string of the molecule is O=C(CCC1CCCC1)NCCN1CCN(c2nc(Cc3ccc(Cl)cc3)ns2)CC1. The van der Waals surface area contributed by atoms with Crippen LogP contribution in [0.15, 0.2) is 24.3 Å². The molecule has 2 heterocycles. The van der Waals surface area contributed by atoms with Crippen molar-refractivity contribution in [3.8, 4) is 0 Å². The van der Waals surface area contributed by atoms with Gasteiger partial charge in [-0.25, -0.2) is 4.98 Å². The van der Waals surface area contributed by atoms with Crippen molar-refractivity contribution < 1.29 is 4.79 Å². The summed E-state index contributed by atoms with van der Waals surface area (Å²) < 4.78 is 4.54. The molecule has 168 valence electrons. The molecule has 2 aromatic rings. The molecule has 1 aliphatic carbocycles. The number of hydrogen-bond donors (Lipinski definition) is 1. The van der Waals surface area contributed by atoms with E-state index in [9.17, 15) is 4.79 Å². The molecular weight excluding hydrogens is 430 g/mol. The lowest BCUT2D eigenvalue weighted by molar-refractivity contribution is -0.121. The highest BCUT2D eigenvalue weighted by molar-refractivity contribution is 7.09. The van der Waals surface area contributed by atoms with Gasteiger partial charge >= 0.3 is 0 Å². The zero-order valence-corrected chi connectivity index (χ0v) is 19.6. The van der Waals surface area contributed by atoms with Gasteiger partial charge in [-0.15, -0.1) is 0 Å². The lowest BCUT2D eigenvalue weighted by atomic mass is 10.0. The Morgan fingerprint density at radius 1 is 1.13 bits per heavy atom. The number of nitrogens with zero attached hydrogens (tertiary/aromatic N) is 4. The first-order valence-corrected chi connectivity index (χ1v) is 12.6. The van der Waals surface area contributed by atoms with Gasteiger partial charge in [0.1, 0.15) is 5.82 Å². The highest BCUT2D eigenvalue weighted by Crippen LogP contribution is 2.28. The normalized spacial score (nSPS) is 17.9. The van der Waals surface area contributed by atoms with Crippen molar-refractivity contribution >= 4 is 34.2 Å². The van der Waals surface area contributed by atoms with Crippen LogP contribution in [-0.2, 0) is 11.2 Å². The molecule has 0 atom stereocenters. The Labute approximate surface area is 194 Å². The molecule has 0 spiro atoms. The molecule has 4 rings (SSSR count). The zero-order chi connectivity index (χ0) is 21.5. The number of aromatic nitrogens is 2. The van der Waals surface area contributed by atoms with Crippen molar-refractivity contribution in [3.63, 3.8) is 0 Å². The first kappa shape index (κ1) is 22.5. The number of carbonyl (C=O) groups is 1. The van der Waals surface area contributed by atoms with E-state index in [1.165, 1.54) is 42.8 Å². The van der Waals surface area contributed by atoms with Crippen LogP contribution in [0.5, 0.6) is 0 Å². The van der Waals surface area contributed by atoms with Gasteiger partial charge in [0.15, 0.2) is 0 Å². The van der Waals surface area contributed by atoms with E-state index in [2.05, 4.69) is 19.5 Å². The number of hydrogen-bond acceptors (Lipinski definition) is 6. The summed E-state index contributed by atoms with van der Waals surface area (Å²) in [5.41, 5.74) is 1.17. The minimum atomic E-state index is 0.215. The third kappa shape index (κ3) is 6.89. The van der Waals surface area contributed by atoms with Gasteiger partial charge in [0, 0.05) is 68.7 Å². The molecule has 1 saturated heterocycles. The molecule has 1 aromatic heterocycles. The molecule has 2 aliphatic rings. The van der Waals surface area contributed by atoms with E-state index in [0.717, 1.165) is 74.0 Å². The quantitative estimate of drug-likeness (QED) is 0.611. The molecular formula is C23H32ClN5OS. The topological polar surface area (TPSA) is 61.4 Å². The second-order valence-corrected chi connectivity index (χ2v) is 9.83. The summed E-state index contributed by atoms with van der Waals surface area (Å²) in [6.07, 6.45) is 7.80. The van der Waals surface area contributed by atoms with Gasteiger partial charge in [-0.2, -0.15) is 4.37 Å². The summed E-state index contributed by atoms with van der Waals surface area (Å²) in [7, 11) is 0. The fourth-order valence-electron chi connectivity index (χ4n) is 4.47. The third-order valence-corrected chi connectivity index (χ3v) is 7.45. The van der Waals surface area contributed by atoms with Crippen molar-refractivity contribution in [1.82, 2.24) is 19.6 Å². The number of benzene rings is 1. The van der Waals surface area contributed by atoms with Crippen LogP contribution in [0.25, 0.3) is 0 Å². The molecule has 1 aliphatic heterocycles. The standard InChI is InChI=1S/C23H32ClN5OS/c24-20-8-5-19(6-9-20)17-21-26-23(31-27-21)29-15-13-28(14-16-29)12-11-25-22(30)10-7-18-3-1-2-4-18/h5-6,8-9,18H,1-4,7,10-17H2,(H,25,30). The molecule has 8 heteroatoms. The summed E-state index contributed by atoms with van der Waals surface area (Å²) in [5, 5.41) is 4.85. The third-order valence-electron chi connectivity index (χ3n) is 6.38. The van der Waals surface area contributed by atoms with Gasteiger partial charge in [0.2, 0.25) is 11.0 Å². The predicted molar refractivity (Wildman–Crippen MR) is 127 cm³/mol. The van der Waals surface area contributed by atoms with Gasteiger partial charge in [-0.05, 0) is 30.0 Å². The highest BCUT2D eigenvalue weighted by atomic mass is 35.5. The van der Waals surface area contributed by atoms with Crippen LogP contribution < -0.4 is 10.2 Å². The van der Waals surface area contributed by atoms with Crippen molar-refractivity contribution in [2.24, 2.45) is 5.92 Å². The van der Waals surface area contributed by atoms with Crippen molar-refractivity contribution in [2.45, 2.75) is 44.9 Å². The largest absolute Gasteiger partial charge is 0.355 e. The van der Waals surface area contributed by atoms with Gasteiger partial charge < -0.3 is 10.2 Å². The highest BCUT2D eigenvalue weighted by Gasteiger charge is 2.20. The number of nitrogens with one attached hydrogen (secondary N) is 1. The number of piperazine rings is 1. The second-order valence-electron chi connectivity index (χ2n) is 8.66. The number of carbonyl (C=O) groups excluding carboxylic acids is 1. The second kappa shape index (κ2) is 11.2. The predicted octanol–water partition coefficient (Wildman–Crippen LogP) is 3.99. The molecule has 1 saturated carbocycles. The smallest absolute Gasteiger partial charge is 0.220 e. The van der Waals surface area contributed by atoms with Gasteiger partial charge in [0.25, 0.3) is 0 Å². The molecule has 1 N–H and O–H groups in total. The van der Waals surface area contributed by atoms with E-state index < -0.39 is 0 Å². The van der Waals surface area contributed by atoms with E-state index >= 15 is 0 Å². The van der Waals surface area contributed by atoms with Crippen LogP contribution >= 0.6 is 23.1 Å². The van der Waals surface area contributed by atoms with Gasteiger partial charge in [0.05, 0.1) is 0 Å². The average molecular weight is 462 g/mol. The molecule has 1 aromatic carbocycles. The molecule has 0 radical (unpaired) electrons. The maximum atomic E-state index is 12.1. The van der Waals surface area contributed by atoms with Crippen molar-refractivity contribution in [2.75, 3.05) is 44.2 Å². The van der Waals surface area contributed by atoms with Crippen molar-refractivity contribution in [1.29, 1.82) is 0 Å². The van der Waals surface area contributed by atoms with E-state index in [1.807, 2.05) is 24.3 Å². The first-order chi connectivity index (χ1) is 15.2. The minimum absolute atomic E-state index is 0.215. The summed E-state index contributed by atoms with van der Waals surface area (Å²) >= 11 is 7.44. The summed E-state index contributed by atoms with van der Waals surface area (Å²) in [6.45, 7) is 5.54. The van der Waals surface area contributed by atoms with Crippen LogP contribution in [0.4, 0.5) is 5.13 Å². The first-order valence-electron chi connectivity index (χ1n) is 11.5. The molecule has 6 nitrogen and oxygen atoms in total. The number of anilines is 1. The zero-order valence-electron chi connectivity index (χ0n) is 18.1. The Morgan fingerprint density at radius 3 is 2.61 bits per heavy atom. The molecule has 0 unspecified atom stereocenters. The van der Waals surface area contributed by atoms with E-state index in [1.54, 1.807) is 0 Å². The molecule has 2 fully saturated rings. The van der Waals surface area contributed by atoms with Gasteiger partial charge in [-0.1, -0.05) is 49.4 Å².